The Morgan fingerprint density at radius 3 is 2.57 bits per heavy atom. The minimum Gasteiger partial charge on any atom is -0.492 e. The lowest BCUT2D eigenvalue weighted by Gasteiger charge is -2.39. The van der Waals surface area contributed by atoms with Gasteiger partial charge >= 0.3 is 0 Å². The fourth-order valence-electron chi connectivity index (χ4n) is 3.51. The van der Waals surface area contributed by atoms with Crippen LogP contribution in [0.3, 0.4) is 0 Å². The first-order valence-corrected chi connectivity index (χ1v) is 12.6. The van der Waals surface area contributed by atoms with Crippen LogP contribution in [0.5, 0.6) is 5.75 Å². The number of likely N-dealkylation sites (N-methyl/N-ethyl adjacent to an activating group) is 1. The number of hydrogen-bond acceptors (Lipinski definition) is 5. The van der Waals surface area contributed by atoms with Crippen molar-refractivity contribution in [3.63, 3.8) is 0 Å². The van der Waals surface area contributed by atoms with Crippen molar-refractivity contribution in [1.82, 2.24) is 15.1 Å². The predicted octanol–water partition coefficient (Wildman–Crippen LogP) is 2.38. The first-order valence-electron chi connectivity index (χ1n) is 10.9. The molecule has 0 atom stereocenters. The lowest BCUT2D eigenvalue weighted by Crippen LogP contribution is -2.57. The Bertz CT molecular complexity index is 804. The fourth-order valence-corrected chi connectivity index (χ4v) is 4.88. The van der Waals surface area contributed by atoms with E-state index in [0.29, 0.717) is 26.2 Å². The van der Waals surface area contributed by atoms with Crippen LogP contribution in [0.2, 0.25) is 0 Å². The molecule has 0 bridgehead atoms. The third kappa shape index (κ3) is 6.35. The number of rotatable bonds is 9. The normalized spacial score (nSPS) is 18.5. The maximum Gasteiger partial charge on any atom is 0.194 e. The molecule has 0 unspecified atom stereocenters. The molecule has 0 aliphatic carbocycles. The van der Waals surface area contributed by atoms with E-state index in [1.807, 2.05) is 36.1 Å². The molecule has 1 saturated heterocycles. The van der Waals surface area contributed by atoms with Crippen LogP contribution in [-0.2, 0) is 16.4 Å². The molecule has 1 aromatic rings. The van der Waals surface area contributed by atoms with Crippen LogP contribution in [0.4, 0.5) is 0 Å². The van der Waals surface area contributed by atoms with Gasteiger partial charge in [0.25, 0.3) is 0 Å². The smallest absolute Gasteiger partial charge is 0.194 e. The summed E-state index contributed by atoms with van der Waals surface area (Å²) < 4.78 is 29.9. The van der Waals surface area contributed by atoms with E-state index in [1.54, 1.807) is 13.8 Å². The fraction of sp³-hybridized carbons (Fsp3) is 0.682. The lowest BCUT2D eigenvalue weighted by molar-refractivity contribution is 0.221. The number of hydrogen-bond donors (Lipinski definition) is 1. The van der Waals surface area contributed by atoms with E-state index in [4.69, 9.17) is 9.73 Å². The van der Waals surface area contributed by atoms with Crippen molar-refractivity contribution in [2.75, 3.05) is 51.6 Å². The van der Waals surface area contributed by atoms with Crippen LogP contribution in [0, 0.1) is 0 Å². The predicted molar refractivity (Wildman–Crippen MR) is 124 cm³/mol. The van der Waals surface area contributed by atoms with Gasteiger partial charge in [-0.2, -0.15) is 0 Å². The standard InChI is InChI=1S/C22H38N4O3S/c1-6-23-21(26-14-16-30(27,28)22(4,5)18-26)24-17-19-11-9-10-12-20(19)29-15-13-25(7-2)8-3/h9-12H,6-8,13-18H2,1-5H3,(H,23,24). The Kier molecular flexibility index (Phi) is 8.97. The number of nitrogens with zero attached hydrogens (tertiary/aromatic N) is 3. The number of ether oxygens (including phenoxy) is 1. The molecule has 2 rings (SSSR count). The topological polar surface area (TPSA) is 74.2 Å². The molecule has 1 N–H and O–H groups in total. The molecule has 0 saturated carbocycles. The molecule has 0 amide bonds. The minimum atomic E-state index is -3.09. The molecule has 170 valence electrons. The summed E-state index contributed by atoms with van der Waals surface area (Å²) in [4.78, 5) is 9.18. The summed E-state index contributed by atoms with van der Waals surface area (Å²) in [5.41, 5.74) is 1.02. The van der Waals surface area contributed by atoms with Gasteiger partial charge in [-0.15, -0.1) is 0 Å². The van der Waals surface area contributed by atoms with Crippen molar-refractivity contribution in [1.29, 1.82) is 0 Å². The Balaban J connectivity index is 2.10. The quantitative estimate of drug-likeness (QED) is 0.471. The number of para-hydroxylation sites is 1. The maximum absolute atomic E-state index is 12.3. The van der Waals surface area contributed by atoms with Gasteiger partial charge in [0.2, 0.25) is 0 Å². The monoisotopic (exact) mass is 438 g/mol. The van der Waals surface area contributed by atoms with Crippen LogP contribution < -0.4 is 10.1 Å². The highest BCUT2D eigenvalue weighted by Gasteiger charge is 2.40. The molecule has 30 heavy (non-hydrogen) atoms. The van der Waals surface area contributed by atoms with Crippen molar-refractivity contribution in [2.45, 2.75) is 45.9 Å². The summed E-state index contributed by atoms with van der Waals surface area (Å²) in [7, 11) is -3.09. The van der Waals surface area contributed by atoms with E-state index in [0.717, 1.165) is 43.5 Å². The highest BCUT2D eigenvalue weighted by molar-refractivity contribution is 7.92. The van der Waals surface area contributed by atoms with Crippen molar-refractivity contribution in [3.8, 4) is 5.75 Å². The van der Waals surface area contributed by atoms with Crippen molar-refractivity contribution in [2.24, 2.45) is 4.99 Å². The van der Waals surface area contributed by atoms with E-state index in [2.05, 4.69) is 24.1 Å². The van der Waals surface area contributed by atoms with E-state index in [-0.39, 0.29) is 5.75 Å². The summed E-state index contributed by atoms with van der Waals surface area (Å²) >= 11 is 0. The maximum atomic E-state index is 12.3. The number of sulfone groups is 1. The first-order chi connectivity index (χ1) is 14.2. The molecule has 0 aromatic heterocycles. The van der Waals surface area contributed by atoms with Crippen molar-refractivity contribution >= 4 is 15.8 Å². The number of aliphatic imine (C=N–C) groups is 1. The molecule has 8 heteroatoms. The second-order valence-corrected chi connectivity index (χ2v) is 10.9. The van der Waals surface area contributed by atoms with Crippen LogP contribution >= 0.6 is 0 Å². The Hall–Kier alpha value is -1.80. The highest BCUT2D eigenvalue weighted by Crippen LogP contribution is 2.24. The van der Waals surface area contributed by atoms with Gasteiger partial charge in [-0.05, 0) is 39.9 Å². The van der Waals surface area contributed by atoms with E-state index < -0.39 is 14.6 Å². The summed E-state index contributed by atoms with van der Waals surface area (Å²) in [5.74, 6) is 1.75. The van der Waals surface area contributed by atoms with Crippen molar-refractivity contribution in [3.05, 3.63) is 29.8 Å². The summed E-state index contributed by atoms with van der Waals surface area (Å²) in [6.07, 6.45) is 0. The summed E-state index contributed by atoms with van der Waals surface area (Å²) in [6, 6.07) is 7.98. The molecule has 1 fully saturated rings. The molecule has 1 heterocycles. The molecule has 7 nitrogen and oxygen atoms in total. The zero-order valence-electron chi connectivity index (χ0n) is 19.1. The van der Waals surface area contributed by atoms with Crippen LogP contribution in [-0.4, -0.2) is 80.6 Å². The SMILES string of the molecule is CCNC(=NCc1ccccc1OCCN(CC)CC)N1CCS(=O)(=O)C(C)(C)C1. The average Bonchev–Trinajstić information content (AvgIpc) is 2.71. The molecule has 0 spiro atoms. The molecular formula is C22H38N4O3S. The van der Waals surface area contributed by atoms with Crippen molar-refractivity contribution < 1.29 is 13.2 Å². The molecular weight excluding hydrogens is 400 g/mol. The number of benzene rings is 1. The largest absolute Gasteiger partial charge is 0.492 e. The number of guanidine groups is 1. The van der Waals surface area contributed by atoms with Crippen LogP contribution in [0.1, 0.15) is 40.2 Å². The van der Waals surface area contributed by atoms with Crippen LogP contribution in [0.15, 0.2) is 29.3 Å². The van der Waals surface area contributed by atoms with Gasteiger partial charge in [-0.25, -0.2) is 13.4 Å². The number of nitrogens with one attached hydrogen (secondary N) is 1. The van der Waals surface area contributed by atoms with Gasteiger partial charge in [0, 0.05) is 31.7 Å². The van der Waals surface area contributed by atoms with Gasteiger partial charge in [0.05, 0.1) is 17.0 Å². The summed E-state index contributed by atoms with van der Waals surface area (Å²) in [5, 5.41) is 3.31. The zero-order chi connectivity index (χ0) is 22.2. The lowest BCUT2D eigenvalue weighted by atomic mass is 10.2. The highest BCUT2D eigenvalue weighted by atomic mass is 32.2. The second-order valence-electron chi connectivity index (χ2n) is 8.15. The third-order valence-corrected chi connectivity index (χ3v) is 8.14. The van der Waals surface area contributed by atoms with Gasteiger partial charge in [0.15, 0.2) is 15.8 Å². The minimum absolute atomic E-state index is 0.148. The van der Waals surface area contributed by atoms with Gasteiger partial charge in [-0.1, -0.05) is 32.0 Å². The molecule has 0 radical (unpaired) electrons. The van der Waals surface area contributed by atoms with Crippen LogP contribution in [0.25, 0.3) is 0 Å². The first kappa shape index (κ1) is 24.5. The van der Waals surface area contributed by atoms with E-state index in [9.17, 15) is 8.42 Å². The van der Waals surface area contributed by atoms with Gasteiger partial charge in [0.1, 0.15) is 12.4 Å². The molecule has 1 aliphatic heterocycles. The molecule has 1 aromatic carbocycles. The Morgan fingerprint density at radius 1 is 1.23 bits per heavy atom. The summed E-state index contributed by atoms with van der Waals surface area (Å²) in [6.45, 7) is 15.6. The zero-order valence-corrected chi connectivity index (χ0v) is 20.0. The third-order valence-electron chi connectivity index (χ3n) is 5.61. The Labute approximate surface area is 182 Å². The molecule has 1 aliphatic rings. The van der Waals surface area contributed by atoms with E-state index in [1.165, 1.54) is 0 Å². The second kappa shape index (κ2) is 11.0. The van der Waals surface area contributed by atoms with Gasteiger partial charge in [-0.3, -0.25) is 0 Å². The average molecular weight is 439 g/mol. The van der Waals surface area contributed by atoms with Gasteiger partial charge < -0.3 is 19.9 Å². The van der Waals surface area contributed by atoms with E-state index >= 15 is 0 Å². The Morgan fingerprint density at radius 2 is 1.93 bits per heavy atom.